The highest BCUT2D eigenvalue weighted by molar-refractivity contribution is 5.72. The third-order valence-electron chi connectivity index (χ3n) is 3.92. The van der Waals surface area contributed by atoms with Crippen LogP contribution in [0.2, 0.25) is 0 Å². The molecule has 0 aromatic heterocycles. The Morgan fingerprint density at radius 3 is 2.52 bits per heavy atom. The van der Waals surface area contributed by atoms with E-state index in [-0.39, 0.29) is 5.56 Å². The van der Waals surface area contributed by atoms with Crippen molar-refractivity contribution in [2.24, 2.45) is 0 Å². The number of nitrogens with zero attached hydrogens (tertiary/aromatic N) is 2. The van der Waals surface area contributed by atoms with Gasteiger partial charge in [-0.1, -0.05) is 18.2 Å². The summed E-state index contributed by atoms with van der Waals surface area (Å²) in [6.07, 6.45) is -2.45. The van der Waals surface area contributed by atoms with E-state index in [2.05, 4.69) is 4.90 Å². The van der Waals surface area contributed by atoms with Crippen LogP contribution in [0.3, 0.4) is 0 Å². The molecule has 0 saturated carbocycles. The van der Waals surface area contributed by atoms with E-state index in [4.69, 9.17) is 5.11 Å². The topological polar surface area (TPSA) is 43.8 Å². The first-order valence-corrected chi connectivity index (χ1v) is 7.03. The molecule has 1 aliphatic heterocycles. The molecule has 4 nitrogen and oxygen atoms in total. The monoisotopic (exact) mass is 298 g/mol. The molecule has 1 heterocycles. The molecule has 116 valence electrons. The summed E-state index contributed by atoms with van der Waals surface area (Å²) in [5.74, 6) is -0.812. The third kappa shape index (κ3) is 4.22. The number of benzene rings is 1. The fourth-order valence-corrected chi connectivity index (χ4v) is 2.55. The van der Waals surface area contributed by atoms with Crippen LogP contribution in [0.4, 0.5) is 8.78 Å². The van der Waals surface area contributed by atoms with Gasteiger partial charge in [0.1, 0.15) is 6.04 Å². The zero-order chi connectivity index (χ0) is 15.4. The molecule has 2 rings (SSSR count). The van der Waals surface area contributed by atoms with Crippen LogP contribution >= 0.6 is 0 Å². The van der Waals surface area contributed by atoms with E-state index in [0.29, 0.717) is 19.6 Å². The van der Waals surface area contributed by atoms with Gasteiger partial charge in [-0.15, -0.1) is 0 Å². The van der Waals surface area contributed by atoms with E-state index in [1.807, 2.05) is 11.0 Å². The second-order valence-corrected chi connectivity index (χ2v) is 5.37. The van der Waals surface area contributed by atoms with Gasteiger partial charge in [0.2, 0.25) is 0 Å². The number of piperazine rings is 1. The SMILES string of the molecule is CC(C(=O)O)N1CCN(Cc2cccc(C(F)F)c2)CC1. The van der Waals surface area contributed by atoms with E-state index in [1.165, 1.54) is 12.1 Å². The molecule has 1 aromatic carbocycles. The second-order valence-electron chi connectivity index (χ2n) is 5.37. The van der Waals surface area contributed by atoms with Gasteiger partial charge >= 0.3 is 5.97 Å². The van der Waals surface area contributed by atoms with E-state index < -0.39 is 18.4 Å². The van der Waals surface area contributed by atoms with Crippen molar-refractivity contribution in [3.63, 3.8) is 0 Å². The van der Waals surface area contributed by atoms with Crippen LogP contribution in [-0.4, -0.2) is 53.1 Å². The number of carboxylic acids is 1. The molecule has 1 unspecified atom stereocenters. The zero-order valence-corrected chi connectivity index (χ0v) is 12.0. The summed E-state index contributed by atoms with van der Waals surface area (Å²) in [7, 11) is 0. The lowest BCUT2D eigenvalue weighted by molar-refractivity contribution is -0.143. The Labute approximate surface area is 123 Å². The van der Waals surface area contributed by atoms with Crippen LogP contribution in [0.15, 0.2) is 24.3 Å². The fourth-order valence-electron chi connectivity index (χ4n) is 2.55. The summed E-state index contributed by atoms with van der Waals surface area (Å²) >= 11 is 0. The van der Waals surface area contributed by atoms with Gasteiger partial charge in [0, 0.05) is 38.3 Å². The molecular weight excluding hydrogens is 278 g/mol. The third-order valence-corrected chi connectivity index (χ3v) is 3.92. The van der Waals surface area contributed by atoms with Crippen LogP contribution in [0.1, 0.15) is 24.5 Å². The molecule has 1 N–H and O–H groups in total. The minimum atomic E-state index is -2.45. The van der Waals surface area contributed by atoms with Crippen molar-refractivity contribution in [1.82, 2.24) is 9.80 Å². The van der Waals surface area contributed by atoms with E-state index in [0.717, 1.165) is 18.7 Å². The molecule has 1 saturated heterocycles. The van der Waals surface area contributed by atoms with Gasteiger partial charge in [0.05, 0.1) is 0 Å². The highest BCUT2D eigenvalue weighted by Gasteiger charge is 2.25. The van der Waals surface area contributed by atoms with Crippen LogP contribution in [0.25, 0.3) is 0 Å². The normalized spacial score (nSPS) is 18.9. The number of aliphatic carboxylic acids is 1. The number of alkyl halides is 2. The molecule has 1 fully saturated rings. The predicted octanol–water partition coefficient (Wildman–Crippen LogP) is 2.21. The number of hydrogen-bond acceptors (Lipinski definition) is 3. The van der Waals surface area contributed by atoms with Crippen molar-refractivity contribution in [2.45, 2.75) is 25.9 Å². The Morgan fingerprint density at radius 1 is 1.29 bits per heavy atom. The lowest BCUT2D eigenvalue weighted by Gasteiger charge is -2.36. The molecule has 0 spiro atoms. The largest absolute Gasteiger partial charge is 0.480 e. The maximum absolute atomic E-state index is 12.7. The Hall–Kier alpha value is -1.53. The van der Waals surface area contributed by atoms with Crippen molar-refractivity contribution >= 4 is 5.97 Å². The second kappa shape index (κ2) is 6.95. The lowest BCUT2D eigenvalue weighted by Crippen LogP contribution is -2.51. The first-order chi connectivity index (χ1) is 9.97. The minimum Gasteiger partial charge on any atom is -0.480 e. The fraction of sp³-hybridized carbons (Fsp3) is 0.533. The predicted molar refractivity (Wildman–Crippen MR) is 75.3 cm³/mol. The molecule has 6 heteroatoms. The van der Waals surface area contributed by atoms with Gasteiger partial charge in [-0.05, 0) is 18.6 Å². The maximum atomic E-state index is 12.7. The van der Waals surface area contributed by atoms with Crippen molar-refractivity contribution < 1.29 is 18.7 Å². The van der Waals surface area contributed by atoms with Crippen molar-refractivity contribution in [2.75, 3.05) is 26.2 Å². The van der Waals surface area contributed by atoms with Gasteiger partial charge in [-0.25, -0.2) is 8.78 Å². The molecule has 21 heavy (non-hydrogen) atoms. The highest BCUT2D eigenvalue weighted by atomic mass is 19.3. The quantitative estimate of drug-likeness (QED) is 0.905. The molecule has 0 aliphatic carbocycles. The van der Waals surface area contributed by atoms with Crippen molar-refractivity contribution in [1.29, 1.82) is 0 Å². The number of carbonyl (C=O) groups is 1. The first kappa shape index (κ1) is 15.9. The number of halogens is 2. The van der Waals surface area contributed by atoms with Gasteiger partial charge in [0.15, 0.2) is 0 Å². The Balaban J connectivity index is 1.89. The van der Waals surface area contributed by atoms with Crippen LogP contribution < -0.4 is 0 Å². The van der Waals surface area contributed by atoms with Gasteiger partial charge in [-0.2, -0.15) is 0 Å². The van der Waals surface area contributed by atoms with Crippen LogP contribution in [0, 0.1) is 0 Å². The van der Waals surface area contributed by atoms with Gasteiger partial charge in [0.25, 0.3) is 6.43 Å². The average Bonchev–Trinajstić information content (AvgIpc) is 2.47. The molecule has 1 aliphatic rings. The van der Waals surface area contributed by atoms with Gasteiger partial charge < -0.3 is 5.11 Å². The maximum Gasteiger partial charge on any atom is 0.320 e. The number of hydrogen-bond donors (Lipinski definition) is 1. The Kier molecular flexibility index (Phi) is 5.25. The Morgan fingerprint density at radius 2 is 1.95 bits per heavy atom. The zero-order valence-electron chi connectivity index (χ0n) is 12.0. The van der Waals surface area contributed by atoms with Crippen molar-refractivity contribution in [3.8, 4) is 0 Å². The standard InChI is InChI=1S/C15H20F2N2O2/c1-11(15(20)21)19-7-5-18(6-8-19)10-12-3-2-4-13(9-12)14(16)17/h2-4,9,11,14H,5-8,10H2,1H3,(H,20,21). The van der Waals surface area contributed by atoms with Crippen LogP contribution in [-0.2, 0) is 11.3 Å². The number of rotatable bonds is 5. The summed E-state index contributed by atoms with van der Waals surface area (Å²) in [4.78, 5) is 15.0. The lowest BCUT2D eigenvalue weighted by atomic mass is 10.1. The van der Waals surface area contributed by atoms with E-state index >= 15 is 0 Å². The molecule has 0 amide bonds. The summed E-state index contributed by atoms with van der Waals surface area (Å²) in [5, 5.41) is 8.99. The van der Waals surface area contributed by atoms with Crippen molar-refractivity contribution in [3.05, 3.63) is 35.4 Å². The number of carboxylic acid groups (broad SMARTS) is 1. The van der Waals surface area contributed by atoms with E-state index in [1.54, 1.807) is 13.0 Å². The summed E-state index contributed by atoms with van der Waals surface area (Å²) in [6.45, 7) is 5.16. The molecule has 1 aromatic rings. The molecule has 1 atom stereocenters. The first-order valence-electron chi connectivity index (χ1n) is 7.03. The average molecular weight is 298 g/mol. The minimum absolute atomic E-state index is 0.0469. The molecule has 0 bridgehead atoms. The summed E-state index contributed by atoms with van der Waals surface area (Å²) in [5.41, 5.74) is 0.915. The highest BCUT2D eigenvalue weighted by Crippen LogP contribution is 2.20. The van der Waals surface area contributed by atoms with Gasteiger partial charge in [-0.3, -0.25) is 14.6 Å². The summed E-state index contributed by atoms with van der Waals surface area (Å²) in [6, 6.07) is 5.99. The van der Waals surface area contributed by atoms with E-state index in [9.17, 15) is 13.6 Å². The summed E-state index contributed by atoms with van der Waals surface area (Å²) < 4.78 is 25.3. The molecular formula is C15H20F2N2O2. The smallest absolute Gasteiger partial charge is 0.320 e. The Bertz CT molecular complexity index is 488. The molecule has 0 radical (unpaired) electrons. The van der Waals surface area contributed by atoms with Crippen LogP contribution in [0.5, 0.6) is 0 Å².